The number of primary amides is 1. The number of methoxy groups -OCH3 is 1. The van der Waals surface area contributed by atoms with E-state index < -0.39 is 33.7 Å². The fraction of sp³-hybridized carbons (Fsp3) is 0.150. The Labute approximate surface area is 182 Å². The summed E-state index contributed by atoms with van der Waals surface area (Å²) >= 11 is 0.667. The molecule has 2 aromatic carbocycles. The highest BCUT2D eigenvalue weighted by molar-refractivity contribution is 8.18. The van der Waals surface area contributed by atoms with Crippen molar-refractivity contribution >= 4 is 45.0 Å². The zero-order valence-corrected chi connectivity index (χ0v) is 18.2. The van der Waals surface area contributed by atoms with Crippen LogP contribution in [0.5, 0.6) is 11.5 Å². The number of hydrogen-bond donors (Lipinski definition) is 1. The van der Waals surface area contributed by atoms with Crippen LogP contribution in [0.25, 0.3) is 6.08 Å². The van der Waals surface area contributed by atoms with Gasteiger partial charge in [0.25, 0.3) is 11.1 Å². The lowest BCUT2D eigenvalue weighted by atomic mass is 10.2. The zero-order valence-electron chi connectivity index (χ0n) is 16.5. The molecule has 1 aliphatic heterocycles. The van der Waals surface area contributed by atoms with E-state index in [1.54, 1.807) is 12.1 Å². The van der Waals surface area contributed by atoms with E-state index in [1.165, 1.54) is 43.5 Å². The van der Waals surface area contributed by atoms with Gasteiger partial charge >= 0.3 is 10.1 Å². The molecule has 0 aliphatic carbocycles. The van der Waals surface area contributed by atoms with E-state index in [4.69, 9.17) is 14.7 Å². The molecule has 3 rings (SSSR count). The fourth-order valence-electron chi connectivity index (χ4n) is 2.66. The van der Waals surface area contributed by atoms with Crippen molar-refractivity contribution < 1.29 is 31.7 Å². The molecule has 1 aliphatic rings. The van der Waals surface area contributed by atoms with Gasteiger partial charge in [-0.3, -0.25) is 19.3 Å². The molecule has 0 unspecified atom stereocenters. The van der Waals surface area contributed by atoms with E-state index >= 15 is 0 Å². The maximum absolute atomic E-state index is 12.5. The Bertz CT molecular complexity index is 1190. The van der Waals surface area contributed by atoms with Gasteiger partial charge < -0.3 is 14.7 Å². The Kier molecular flexibility index (Phi) is 6.37. The van der Waals surface area contributed by atoms with Crippen LogP contribution in [0.1, 0.15) is 11.1 Å². The summed E-state index contributed by atoms with van der Waals surface area (Å²) in [6, 6.07) is 10.5. The Hall–Kier alpha value is -3.31. The highest BCUT2D eigenvalue weighted by Crippen LogP contribution is 2.35. The third-order valence-electron chi connectivity index (χ3n) is 4.18. The molecule has 0 saturated carbocycles. The van der Waals surface area contributed by atoms with Gasteiger partial charge in [-0.2, -0.15) is 8.42 Å². The summed E-state index contributed by atoms with van der Waals surface area (Å²) in [5, 5.41) is -0.605. The standard InChI is InChI=1S/C20H18N2O7S2/c1-12-3-6-14(7-4-12)31(26,27)29-15-8-5-13(9-16(15)28-2)10-17-19(24)22(11-18(21)23)20(25)30-17/h3-10H,11H2,1-2H3,(H2,21,23)/b17-10-. The van der Waals surface area contributed by atoms with Crippen LogP contribution in [0.4, 0.5) is 4.79 Å². The Morgan fingerprint density at radius 1 is 1.13 bits per heavy atom. The van der Waals surface area contributed by atoms with E-state index in [2.05, 4.69) is 0 Å². The molecule has 0 spiro atoms. The molecule has 0 radical (unpaired) electrons. The Balaban J connectivity index is 1.86. The average Bonchev–Trinajstić information content (AvgIpc) is 2.96. The van der Waals surface area contributed by atoms with Gasteiger partial charge in [-0.15, -0.1) is 0 Å². The van der Waals surface area contributed by atoms with Gasteiger partial charge in [-0.05, 0) is 54.6 Å². The first-order valence-corrected chi connectivity index (χ1v) is 11.1. The molecule has 1 heterocycles. The minimum Gasteiger partial charge on any atom is -0.493 e. The van der Waals surface area contributed by atoms with Crippen molar-refractivity contribution in [2.75, 3.05) is 13.7 Å². The van der Waals surface area contributed by atoms with Gasteiger partial charge in [0.1, 0.15) is 11.4 Å². The van der Waals surface area contributed by atoms with Crippen molar-refractivity contribution in [2.24, 2.45) is 5.73 Å². The summed E-state index contributed by atoms with van der Waals surface area (Å²) in [7, 11) is -2.74. The van der Waals surface area contributed by atoms with Crippen LogP contribution < -0.4 is 14.7 Å². The largest absolute Gasteiger partial charge is 0.493 e. The molecule has 0 bridgehead atoms. The second-order valence-corrected chi connectivity index (χ2v) is 9.03. The Morgan fingerprint density at radius 3 is 2.42 bits per heavy atom. The molecule has 3 amide bonds. The third kappa shape index (κ3) is 5.06. The van der Waals surface area contributed by atoms with Gasteiger partial charge in [0.15, 0.2) is 11.5 Å². The predicted molar refractivity (Wildman–Crippen MR) is 114 cm³/mol. The van der Waals surface area contributed by atoms with Gasteiger partial charge in [0, 0.05) is 0 Å². The lowest BCUT2D eigenvalue weighted by Gasteiger charge is -2.12. The van der Waals surface area contributed by atoms with Gasteiger partial charge in [0.05, 0.1) is 12.0 Å². The van der Waals surface area contributed by atoms with E-state index in [0.717, 1.165) is 10.5 Å². The number of nitrogens with two attached hydrogens (primary N) is 1. The highest BCUT2D eigenvalue weighted by Gasteiger charge is 2.35. The van der Waals surface area contributed by atoms with E-state index in [-0.39, 0.29) is 21.3 Å². The molecular weight excluding hydrogens is 444 g/mol. The SMILES string of the molecule is COc1cc(/C=C2\SC(=O)N(CC(N)=O)C2=O)ccc1OS(=O)(=O)c1ccc(C)cc1. The zero-order chi connectivity index (χ0) is 22.8. The minimum atomic E-state index is -4.08. The van der Waals surface area contributed by atoms with Gasteiger partial charge in [0.2, 0.25) is 5.91 Å². The number of benzene rings is 2. The van der Waals surface area contributed by atoms with Crippen LogP contribution in [0.3, 0.4) is 0 Å². The van der Waals surface area contributed by atoms with Crippen LogP contribution in [-0.4, -0.2) is 44.0 Å². The van der Waals surface area contributed by atoms with Crippen LogP contribution in [0, 0.1) is 6.92 Å². The summed E-state index contributed by atoms with van der Waals surface area (Å²) in [5.74, 6) is -1.38. The fourth-order valence-corrected chi connectivity index (χ4v) is 4.44. The second-order valence-electron chi connectivity index (χ2n) is 6.49. The summed E-state index contributed by atoms with van der Waals surface area (Å²) in [4.78, 5) is 36.1. The summed E-state index contributed by atoms with van der Waals surface area (Å²) in [6.45, 7) is 1.33. The van der Waals surface area contributed by atoms with Crippen LogP contribution >= 0.6 is 11.8 Å². The lowest BCUT2D eigenvalue weighted by Crippen LogP contribution is -2.36. The van der Waals surface area contributed by atoms with Gasteiger partial charge in [-0.25, -0.2) is 0 Å². The maximum atomic E-state index is 12.5. The van der Waals surface area contributed by atoms with Crippen molar-refractivity contribution in [3.05, 3.63) is 58.5 Å². The molecule has 11 heteroatoms. The second kappa shape index (κ2) is 8.82. The van der Waals surface area contributed by atoms with E-state index in [1.807, 2.05) is 6.92 Å². The number of nitrogens with zero attached hydrogens (tertiary/aromatic N) is 1. The number of aryl methyl sites for hydroxylation is 1. The van der Waals surface area contributed by atoms with Crippen LogP contribution in [-0.2, 0) is 19.7 Å². The molecule has 162 valence electrons. The molecule has 2 aromatic rings. The van der Waals surface area contributed by atoms with Crippen molar-refractivity contribution in [3.8, 4) is 11.5 Å². The number of ether oxygens (including phenoxy) is 1. The molecule has 9 nitrogen and oxygen atoms in total. The van der Waals surface area contributed by atoms with Crippen LogP contribution in [0.15, 0.2) is 52.3 Å². The molecule has 2 N–H and O–H groups in total. The number of amides is 3. The first-order chi connectivity index (χ1) is 14.6. The first kappa shape index (κ1) is 22.4. The van der Waals surface area contributed by atoms with Crippen molar-refractivity contribution in [1.29, 1.82) is 0 Å². The number of rotatable bonds is 7. The summed E-state index contributed by atoms with van der Waals surface area (Å²) in [6.07, 6.45) is 1.42. The number of hydrogen-bond acceptors (Lipinski definition) is 8. The first-order valence-electron chi connectivity index (χ1n) is 8.83. The quantitative estimate of drug-likeness (QED) is 0.489. The molecule has 31 heavy (non-hydrogen) atoms. The average molecular weight is 463 g/mol. The molecule has 0 atom stereocenters. The third-order valence-corrected chi connectivity index (χ3v) is 6.34. The molecule has 0 aromatic heterocycles. The maximum Gasteiger partial charge on any atom is 0.339 e. The molecule has 1 fully saturated rings. The summed E-state index contributed by atoms with van der Waals surface area (Å²) in [5.41, 5.74) is 6.42. The van der Waals surface area contributed by atoms with Crippen molar-refractivity contribution in [2.45, 2.75) is 11.8 Å². The normalized spacial score (nSPS) is 15.4. The molecule has 1 saturated heterocycles. The van der Waals surface area contributed by atoms with Gasteiger partial charge in [-0.1, -0.05) is 23.8 Å². The minimum absolute atomic E-state index is 0.00708. The van der Waals surface area contributed by atoms with E-state index in [0.29, 0.717) is 17.3 Å². The number of thioether (sulfide) groups is 1. The summed E-state index contributed by atoms with van der Waals surface area (Å²) < 4.78 is 35.5. The van der Waals surface area contributed by atoms with Crippen molar-refractivity contribution in [1.82, 2.24) is 4.90 Å². The predicted octanol–water partition coefficient (Wildman–Crippen LogP) is 2.29. The topological polar surface area (TPSA) is 133 Å². The smallest absolute Gasteiger partial charge is 0.339 e. The van der Waals surface area contributed by atoms with Crippen LogP contribution in [0.2, 0.25) is 0 Å². The highest BCUT2D eigenvalue weighted by atomic mass is 32.2. The number of imide groups is 1. The van der Waals surface area contributed by atoms with Crippen molar-refractivity contribution in [3.63, 3.8) is 0 Å². The lowest BCUT2D eigenvalue weighted by molar-refractivity contribution is -0.127. The molecular formula is C20H18N2O7S2. The number of carbonyl (C=O) groups excluding carboxylic acids is 3. The van der Waals surface area contributed by atoms with E-state index in [9.17, 15) is 22.8 Å². The Morgan fingerprint density at radius 2 is 1.81 bits per heavy atom. The monoisotopic (exact) mass is 462 g/mol. The number of carbonyl (C=O) groups is 3.